The minimum Gasteiger partial charge on any atom is -0.390 e. The molecule has 0 atom stereocenters. The first kappa shape index (κ1) is 14.3. The third-order valence-electron chi connectivity index (χ3n) is 2.68. The summed E-state index contributed by atoms with van der Waals surface area (Å²) in [6.07, 6.45) is 5.01. The lowest BCUT2D eigenvalue weighted by atomic mass is 10.1. The van der Waals surface area contributed by atoms with E-state index in [4.69, 9.17) is 0 Å². The van der Waals surface area contributed by atoms with E-state index in [-0.39, 0.29) is 0 Å². The number of aliphatic hydroxyl groups is 1. The van der Waals surface area contributed by atoms with Crippen molar-refractivity contribution < 1.29 is 5.11 Å². The van der Waals surface area contributed by atoms with Crippen molar-refractivity contribution in [1.82, 2.24) is 9.88 Å². The van der Waals surface area contributed by atoms with Gasteiger partial charge < -0.3 is 15.0 Å². The van der Waals surface area contributed by atoms with Crippen LogP contribution in [0.4, 0.5) is 0 Å². The van der Waals surface area contributed by atoms with Gasteiger partial charge in [-0.1, -0.05) is 13.8 Å². The molecule has 3 nitrogen and oxygen atoms in total. The molecule has 0 bridgehead atoms. The molecule has 17 heavy (non-hydrogen) atoms. The zero-order valence-corrected chi connectivity index (χ0v) is 11.5. The topological polar surface area (TPSA) is 37.2 Å². The normalized spacial score (nSPS) is 12.4. The molecule has 0 fully saturated rings. The van der Waals surface area contributed by atoms with Crippen LogP contribution in [0.2, 0.25) is 0 Å². The summed E-state index contributed by atoms with van der Waals surface area (Å²) in [6, 6.07) is 2.14. The Morgan fingerprint density at radius 3 is 2.71 bits per heavy atom. The maximum Gasteiger partial charge on any atom is 0.0608 e. The molecule has 1 rings (SSSR count). The predicted octanol–water partition coefficient (Wildman–Crippen LogP) is 2.39. The van der Waals surface area contributed by atoms with Gasteiger partial charge in [0.1, 0.15) is 0 Å². The van der Waals surface area contributed by atoms with Crippen LogP contribution < -0.4 is 5.32 Å². The van der Waals surface area contributed by atoms with E-state index in [0.29, 0.717) is 5.92 Å². The van der Waals surface area contributed by atoms with Crippen molar-refractivity contribution in [3.63, 3.8) is 0 Å². The highest BCUT2D eigenvalue weighted by atomic mass is 16.3. The largest absolute Gasteiger partial charge is 0.390 e. The molecule has 98 valence electrons. The Balaban J connectivity index is 2.32. The van der Waals surface area contributed by atoms with Crippen molar-refractivity contribution >= 4 is 0 Å². The Labute approximate surface area is 105 Å². The fraction of sp³-hybridized carbons (Fsp3) is 0.714. The van der Waals surface area contributed by atoms with Gasteiger partial charge in [0, 0.05) is 25.5 Å². The van der Waals surface area contributed by atoms with Crippen molar-refractivity contribution in [2.24, 2.45) is 5.92 Å². The fourth-order valence-electron chi connectivity index (χ4n) is 1.64. The predicted molar refractivity (Wildman–Crippen MR) is 71.9 cm³/mol. The van der Waals surface area contributed by atoms with E-state index in [1.807, 2.05) is 13.8 Å². The molecule has 0 aliphatic carbocycles. The minimum atomic E-state index is -0.583. The highest BCUT2D eigenvalue weighted by molar-refractivity contribution is 5.09. The van der Waals surface area contributed by atoms with Gasteiger partial charge in [-0.2, -0.15) is 0 Å². The fourth-order valence-corrected chi connectivity index (χ4v) is 1.64. The van der Waals surface area contributed by atoms with Crippen LogP contribution in [0.25, 0.3) is 0 Å². The summed E-state index contributed by atoms with van der Waals surface area (Å²) >= 11 is 0. The first-order valence-corrected chi connectivity index (χ1v) is 6.44. The van der Waals surface area contributed by atoms with Gasteiger partial charge in [0.2, 0.25) is 0 Å². The van der Waals surface area contributed by atoms with E-state index in [0.717, 1.165) is 26.1 Å². The van der Waals surface area contributed by atoms with Crippen molar-refractivity contribution in [1.29, 1.82) is 0 Å². The Morgan fingerprint density at radius 1 is 1.41 bits per heavy atom. The second kappa shape index (κ2) is 6.22. The Kier molecular flexibility index (Phi) is 5.22. The third kappa shape index (κ3) is 6.49. The number of aryl methyl sites for hydroxylation is 1. The molecule has 3 heteroatoms. The van der Waals surface area contributed by atoms with Crippen molar-refractivity contribution in [2.45, 2.75) is 52.8 Å². The smallest absolute Gasteiger partial charge is 0.0608 e. The molecule has 0 radical (unpaired) electrons. The molecule has 1 aromatic rings. The lowest BCUT2D eigenvalue weighted by Crippen LogP contribution is -2.20. The van der Waals surface area contributed by atoms with E-state index in [9.17, 15) is 5.11 Å². The molecule has 0 aliphatic heterocycles. The Morgan fingerprint density at radius 2 is 2.12 bits per heavy atom. The van der Waals surface area contributed by atoms with Crippen LogP contribution in [0, 0.1) is 5.92 Å². The highest BCUT2D eigenvalue weighted by Gasteiger charge is 2.11. The summed E-state index contributed by atoms with van der Waals surface area (Å²) in [4.78, 5) is 0. The van der Waals surface area contributed by atoms with E-state index in [1.165, 1.54) is 5.56 Å². The molecular weight excluding hydrogens is 212 g/mol. The molecule has 0 saturated carbocycles. The SMILES string of the molecule is CC(C)CNCc1ccn(CCC(C)(C)O)c1. The van der Waals surface area contributed by atoms with E-state index >= 15 is 0 Å². The molecule has 0 saturated heterocycles. The zero-order valence-electron chi connectivity index (χ0n) is 11.5. The van der Waals surface area contributed by atoms with Crippen molar-refractivity contribution in [3.05, 3.63) is 24.0 Å². The first-order valence-electron chi connectivity index (χ1n) is 6.44. The lowest BCUT2D eigenvalue weighted by molar-refractivity contribution is 0.0662. The van der Waals surface area contributed by atoms with Crippen molar-refractivity contribution in [3.8, 4) is 0 Å². The molecule has 0 aliphatic rings. The van der Waals surface area contributed by atoms with Crippen LogP contribution in [0.15, 0.2) is 18.5 Å². The number of hydrogen-bond donors (Lipinski definition) is 2. The van der Waals surface area contributed by atoms with Gasteiger partial charge in [-0.05, 0) is 44.4 Å². The van der Waals surface area contributed by atoms with Gasteiger partial charge in [0.25, 0.3) is 0 Å². The van der Waals surface area contributed by atoms with Gasteiger partial charge in [-0.3, -0.25) is 0 Å². The highest BCUT2D eigenvalue weighted by Crippen LogP contribution is 2.10. The maximum absolute atomic E-state index is 9.66. The Bertz CT molecular complexity index is 323. The van der Waals surface area contributed by atoms with E-state index in [2.05, 4.69) is 42.2 Å². The van der Waals surface area contributed by atoms with E-state index < -0.39 is 5.60 Å². The third-order valence-corrected chi connectivity index (χ3v) is 2.68. The molecule has 2 N–H and O–H groups in total. The monoisotopic (exact) mass is 238 g/mol. The van der Waals surface area contributed by atoms with Crippen LogP contribution in [0.3, 0.4) is 0 Å². The number of rotatable bonds is 7. The lowest BCUT2D eigenvalue weighted by Gasteiger charge is -2.16. The molecular formula is C14H26N2O. The van der Waals surface area contributed by atoms with Crippen LogP contribution in [0.5, 0.6) is 0 Å². The number of aromatic nitrogens is 1. The van der Waals surface area contributed by atoms with Crippen molar-refractivity contribution in [2.75, 3.05) is 6.54 Å². The van der Waals surface area contributed by atoms with Gasteiger partial charge in [0.05, 0.1) is 5.60 Å². The average molecular weight is 238 g/mol. The van der Waals surface area contributed by atoms with Crippen LogP contribution in [0.1, 0.15) is 39.7 Å². The van der Waals surface area contributed by atoms with E-state index in [1.54, 1.807) is 0 Å². The summed E-state index contributed by atoms with van der Waals surface area (Å²) in [5.41, 5.74) is 0.724. The summed E-state index contributed by atoms with van der Waals surface area (Å²) < 4.78 is 2.14. The van der Waals surface area contributed by atoms with Crippen LogP contribution in [-0.4, -0.2) is 21.8 Å². The summed E-state index contributed by atoms with van der Waals surface area (Å²) in [5, 5.41) is 13.1. The maximum atomic E-state index is 9.66. The summed E-state index contributed by atoms with van der Waals surface area (Å²) in [5.74, 6) is 0.687. The van der Waals surface area contributed by atoms with Crippen LogP contribution >= 0.6 is 0 Å². The number of nitrogens with zero attached hydrogens (tertiary/aromatic N) is 1. The minimum absolute atomic E-state index is 0.583. The summed E-state index contributed by atoms with van der Waals surface area (Å²) in [7, 11) is 0. The average Bonchev–Trinajstić information content (AvgIpc) is 2.61. The number of nitrogens with one attached hydrogen (secondary N) is 1. The quantitative estimate of drug-likeness (QED) is 0.765. The molecule has 0 amide bonds. The van der Waals surface area contributed by atoms with Gasteiger partial charge in [-0.15, -0.1) is 0 Å². The van der Waals surface area contributed by atoms with Crippen LogP contribution in [-0.2, 0) is 13.1 Å². The van der Waals surface area contributed by atoms with Gasteiger partial charge in [-0.25, -0.2) is 0 Å². The Hall–Kier alpha value is -0.800. The molecule has 1 aromatic heterocycles. The van der Waals surface area contributed by atoms with Gasteiger partial charge >= 0.3 is 0 Å². The zero-order chi connectivity index (χ0) is 12.9. The second-order valence-corrected chi connectivity index (χ2v) is 5.84. The number of hydrogen-bond acceptors (Lipinski definition) is 2. The van der Waals surface area contributed by atoms with Gasteiger partial charge in [0.15, 0.2) is 0 Å². The molecule has 1 heterocycles. The first-order chi connectivity index (χ1) is 7.87. The summed E-state index contributed by atoms with van der Waals surface area (Å²) in [6.45, 7) is 11.0. The molecule has 0 aromatic carbocycles. The standard InChI is InChI=1S/C14H26N2O/c1-12(2)9-15-10-13-5-7-16(11-13)8-6-14(3,4)17/h5,7,11-12,15,17H,6,8-10H2,1-4H3. The molecule has 0 unspecified atom stereocenters. The molecule has 0 spiro atoms. The second-order valence-electron chi connectivity index (χ2n) is 5.84.